The number of sulfonamides is 1. The summed E-state index contributed by atoms with van der Waals surface area (Å²) in [5.41, 5.74) is 1.97. The largest absolute Gasteiger partial charge is 0.361 e. The lowest BCUT2D eigenvalue weighted by atomic mass is 9.70. The Morgan fingerprint density at radius 3 is 2.46 bits per heavy atom. The summed E-state index contributed by atoms with van der Waals surface area (Å²) in [6.45, 7) is 7.06. The molecule has 2 saturated carbocycles. The molecule has 8 heteroatoms. The van der Waals surface area contributed by atoms with Gasteiger partial charge in [-0.05, 0) is 54.2 Å². The van der Waals surface area contributed by atoms with E-state index in [4.69, 9.17) is 0 Å². The van der Waals surface area contributed by atoms with Gasteiger partial charge in [-0.15, -0.1) is 0 Å². The molecule has 41 heavy (non-hydrogen) atoms. The van der Waals surface area contributed by atoms with E-state index in [2.05, 4.69) is 24.9 Å². The third-order valence-corrected chi connectivity index (χ3v) is 11.9. The van der Waals surface area contributed by atoms with Crippen LogP contribution >= 0.6 is 0 Å². The Kier molecular flexibility index (Phi) is 8.44. The predicted molar refractivity (Wildman–Crippen MR) is 163 cm³/mol. The first-order valence-corrected chi connectivity index (χ1v) is 16.6. The van der Waals surface area contributed by atoms with Crippen LogP contribution in [0.3, 0.4) is 0 Å². The van der Waals surface area contributed by atoms with Crippen LogP contribution in [-0.2, 0) is 32.6 Å². The van der Waals surface area contributed by atoms with E-state index in [0.717, 1.165) is 34.9 Å². The molecule has 0 radical (unpaired) electrons. The highest BCUT2D eigenvalue weighted by Crippen LogP contribution is 2.64. The second-order valence-electron chi connectivity index (χ2n) is 12.5. The Morgan fingerprint density at radius 2 is 1.78 bits per heavy atom. The highest BCUT2D eigenvalue weighted by molar-refractivity contribution is 7.89. The van der Waals surface area contributed by atoms with Crippen molar-refractivity contribution < 1.29 is 18.0 Å². The van der Waals surface area contributed by atoms with Crippen LogP contribution in [0.5, 0.6) is 0 Å². The summed E-state index contributed by atoms with van der Waals surface area (Å²) >= 11 is 0. The van der Waals surface area contributed by atoms with E-state index in [0.29, 0.717) is 38.8 Å². The number of carbonyl (C=O) groups is 2. The molecule has 2 fully saturated rings. The lowest BCUT2D eigenvalue weighted by Crippen LogP contribution is -2.49. The minimum Gasteiger partial charge on any atom is -0.361 e. The van der Waals surface area contributed by atoms with Gasteiger partial charge in [0.25, 0.3) is 0 Å². The SMILES string of the molecule is CCCCN(CC(=O)N(CCc1c[nH]c2ccccc12)Cc1ccccc1)S(=O)(=O)CC12CCC(CC1=O)C2(C)C. The molecular weight excluding hydrogens is 534 g/mol. The van der Waals surface area contributed by atoms with Crippen LogP contribution < -0.4 is 0 Å². The molecule has 2 aliphatic rings. The number of aromatic nitrogens is 1. The number of benzene rings is 2. The fraction of sp³-hybridized carbons (Fsp3) is 0.515. The van der Waals surface area contributed by atoms with Crippen molar-refractivity contribution >= 4 is 32.6 Å². The molecule has 0 saturated heterocycles. The zero-order chi connectivity index (χ0) is 29.3. The van der Waals surface area contributed by atoms with Gasteiger partial charge in [-0.2, -0.15) is 4.31 Å². The zero-order valence-electron chi connectivity index (χ0n) is 24.6. The summed E-state index contributed by atoms with van der Waals surface area (Å²) in [4.78, 5) is 32.2. The standard InChI is InChI=1S/C33H43N3O4S/c1-4-5-18-36(41(39,40)24-33-17-15-27(20-30(33)37)32(33,2)3)23-31(38)35(22-25-11-7-6-8-12-25)19-16-26-21-34-29-14-10-9-13-28(26)29/h6-14,21,27,34H,4-5,15-20,22-24H2,1-3H3. The number of unbranched alkanes of at least 4 members (excludes halogenated alkanes) is 1. The van der Waals surface area contributed by atoms with Gasteiger partial charge in [-0.3, -0.25) is 9.59 Å². The number of amides is 1. The van der Waals surface area contributed by atoms with Crippen molar-refractivity contribution in [2.45, 2.75) is 65.8 Å². The Hall–Kier alpha value is -2.97. The number of Topliss-reactive ketones (excluding diaryl/α,β-unsaturated/α-hetero) is 1. The molecule has 1 aromatic heterocycles. The van der Waals surface area contributed by atoms with E-state index in [1.807, 2.05) is 61.7 Å². The maximum Gasteiger partial charge on any atom is 0.238 e. The molecule has 0 spiro atoms. The van der Waals surface area contributed by atoms with E-state index in [1.54, 1.807) is 4.90 Å². The molecule has 2 bridgehead atoms. The minimum absolute atomic E-state index is 0.0773. The van der Waals surface area contributed by atoms with Gasteiger partial charge in [-0.25, -0.2) is 8.42 Å². The smallest absolute Gasteiger partial charge is 0.238 e. The molecule has 2 aliphatic carbocycles. The lowest BCUT2D eigenvalue weighted by molar-refractivity contribution is -0.132. The topological polar surface area (TPSA) is 90.6 Å². The van der Waals surface area contributed by atoms with E-state index < -0.39 is 15.4 Å². The second-order valence-corrected chi connectivity index (χ2v) is 14.5. The molecule has 220 valence electrons. The Labute approximate surface area is 244 Å². The fourth-order valence-corrected chi connectivity index (χ4v) is 9.30. The number of fused-ring (bicyclic) bond motifs is 3. The van der Waals surface area contributed by atoms with Gasteiger partial charge in [0.1, 0.15) is 5.78 Å². The van der Waals surface area contributed by atoms with Gasteiger partial charge >= 0.3 is 0 Å². The molecular formula is C33H43N3O4S. The fourth-order valence-electron chi connectivity index (χ4n) is 7.10. The van der Waals surface area contributed by atoms with Gasteiger partial charge in [0.05, 0.1) is 12.3 Å². The quantitative estimate of drug-likeness (QED) is 0.288. The van der Waals surface area contributed by atoms with Crippen LogP contribution in [0.25, 0.3) is 10.9 Å². The number of nitrogens with zero attached hydrogens (tertiary/aromatic N) is 2. The number of rotatable bonds is 13. The molecule has 0 aliphatic heterocycles. The number of H-pyrrole nitrogens is 1. The number of ketones is 1. The molecule has 3 aromatic rings. The first-order chi connectivity index (χ1) is 19.6. The number of nitrogens with one attached hydrogen (secondary N) is 1. The second kappa shape index (κ2) is 11.7. The summed E-state index contributed by atoms with van der Waals surface area (Å²) in [5, 5.41) is 1.13. The molecule has 5 rings (SSSR count). The zero-order valence-corrected chi connectivity index (χ0v) is 25.4. The van der Waals surface area contributed by atoms with Gasteiger partial charge in [0.2, 0.25) is 15.9 Å². The average Bonchev–Trinajstić information content (AvgIpc) is 3.53. The van der Waals surface area contributed by atoms with Crippen molar-refractivity contribution in [2.24, 2.45) is 16.7 Å². The normalized spacial score (nSPS) is 21.7. The molecule has 1 N–H and O–H groups in total. The van der Waals surface area contributed by atoms with Crippen LogP contribution in [0.2, 0.25) is 0 Å². The van der Waals surface area contributed by atoms with Crippen molar-refractivity contribution in [3.05, 3.63) is 71.9 Å². The van der Waals surface area contributed by atoms with Crippen LogP contribution in [0.15, 0.2) is 60.8 Å². The van der Waals surface area contributed by atoms with Gasteiger partial charge in [0, 0.05) is 48.6 Å². The van der Waals surface area contributed by atoms with Crippen LogP contribution in [0, 0.1) is 16.7 Å². The van der Waals surface area contributed by atoms with Crippen molar-refractivity contribution in [3.8, 4) is 0 Å². The summed E-state index contributed by atoms with van der Waals surface area (Å²) in [7, 11) is -3.85. The molecule has 1 heterocycles. The average molecular weight is 578 g/mol. The minimum atomic E-state index is -3.85. The van der Waals surface area contributed by atoms with E-state index >= 15 is 0 Å². The van der Waals surface area contributed by atoms with Crippen molar-refractivity contribution in [1.29, 1.82) is 0 Å². The highest BCUT2D eigenvalue weighted by Gasteiger charge is 2.65. The third-order valence-electron chi connectivity index (χ3n) is 9.93. The Bertz CT molecular complexity index is 1500. The number of hydrogen-bond donors (Lipinski definition) is 1. The lowest BCUT2D eigenvalue weighted by Gasteiger charge is -2.38. The first kappa shape index (κ1) is 29.5. The molecule has 2 unspecified atom stereocenters. The number of carbonyl (C=O) groups excluding carboxylic acids is 2. The van der Waals surface area contributed by atoms with Gasteiger partial charge in [-0.1, -0.05) is 75.7 Å². The van der Waals surface area contributed by atoms with E-state index in [9.17, 15) is 18.0 Å². The monoisotopic (exact) mass is 577 g/mol. The highest BCUT2D eigenvalue weighted by atomic mass is 32.2. The van der Waals surface area contributed by atoms with Crippen molar-refractivity contribution in [2.75, 3.05) is 25.4 Å². The number of hydrogen-bond acceptors (Lipinski definition) is 4. The maximum atomic E-state index is 14.0. The van der Waals surface area contributed by atoms with Crippen molar-refractivity contribution in [1.82, 2.24) is 14.2 Å². The summed E-state index contributed by atoms with van der Waals surface area (Å²) in [5.74, 6) is -0.101. The Morgan fingerprint density at radius 1 is 1.05 bits per heavy atom. The van der Waals surface area contributed by atoms with Gasteiger partial charge in [0.15, 0.2) is 0 Å². The number of aromatic amines is 1. The van der Waals surface area contributed by atoms with Crippen molar-refractivity contribution in [3.63, 3.8) is 0 Å². The molecule has 7 nitrogen and oxygen atoms in total. The summed E-state index contributed by atoms with van der Waals surface area (Å²) < 4.78 is 29.4. The Balaban J connectivity index is 1.37. The van der Waals surface area contributed by atoms with E-state index in [-0.39, 0.29) is 41.9 Å². The van der Waals surface area contributed by atoms with E-state index in [1.165, 1.54) is 4.31 Å². The van der Waals surface area contributed by atoms with Crippen LogP contribution in [0.1, 0.15) is 64.0 Å². The maximum absolute atomic E-state index is 14.0. The molecule has 2 aromatic carbocycles. The summed E-state index contributed by atoms with van der Waals surface area (Å²) in [6, 6.07) is 17.9. The molecule has 1 amide bonds. The predicted octanol–water partition coefficient (Wildman–Crippen LogP) is 5.57. The number of para-hydroxylation sites is 1. The van der Waals surface area contributed by atoms with Gasteiger partial charge < -0.3 is 9.88 Å². The van der Waals surface area contributed by atoms with Crippen LogP contribution in [0.4, 0.5) is 0 Å². The summed E-state index contributed by atoms with van der Waals surface area (Å²) in [6.07, 6.45) is 6.08. The van der Waals surface area contributed by atoms with Crippen LogP contribution in [-0.4, -0.2) is 59.7 Å². The third kappa shape index (κ3) is 5.73. The molecule has 2 atom stereocenters. The first-order valence-electron chi connectivity index (χ1n) is 15.0.